The van der Waals surface area contributed by atoms with Crippen LogP contribution in [-0.4, -0.2) is 49.6 Å². The van der Waals surface area contributed by atoms with Crippen molar-refractivity contribution in [3.8, 4) is 5.75 Å². The first-order chi connectivity index (χ1) is 10.9. The van der Waals surface area contributed by atoms with E-state index in [4.69, 9.17) is 10.5 Å². The number of carbonyl (C=O) groups is 1. The van der Waals surface area contributed by atoms with Gasteiger partial charge >= 0.3 is 0 Å². The third-order valence-electron chi connectivity index (χ3n) is 4.25. The minimum Gasteiger partial charge on any atom is -0.492 e. The standard InChI is InChI=1S/C17H26FN3O2.ClH/c1-17(2)12-21(8-6-15(17)19)11-16(22)20-7-9-23-14-5-3-4-13(18)10-14;/h3-5,10,15H,6-9,11-12,19H2,1-2H3,(H,20,22);1H. The van der Waals surface area contributed by atoms with Crippen LogP contribution >= 0.6 is 12.4 Å². The van der Waals surface area contributed by atoms with Gasteiger partial charge in [0.2, 0.25) is 5.91 Å². The smallest absolute Gasteiger partial charge is 0.234 e. The van der Waals surface area contributed by atoms with Gasteiger partial charge in [-0.05, 0) is 24.0 Å². The number of halogens is 2. The molecule has 3 N–H and O–H groups in total. The van der Waals surface area contributed by atoms with Crippen molar-refractivity contribution in [2.24, 2.45) is 11.1 Å². The molecule has 1 fully saturated rings. The third-order valence-corrected chi connectivity index (χ3v) is 4.25. The van der Waals surface area contributed by atoms with Gasteiger partial charge in [0, 0.05) is 25.2 Å². The second kappa shape index (κ2) is 9.20. The van der Waals surface area contributed by atoms with Crippen molar-refractivity contribution in [3.63, 3.8) is 0 Å². The van der Waals surface area contributed by atoms with Crippen LogP contribution in [-0.2, 0) is 4.79 Å². The number of piperidine rings is 1. The van der Waals surface area contributed by atoms with Gasteiger partial charge in [-0.3, -0.25) is 9.69 Å². The van der Waals surface area contributed by atoms with Crippen molar-refractivity contribution in [1.29, 1.82) is 0 Å². The Bertz CT molecular complexity index is 542. The number of hydrogen-bond acceptors (Lipinski definition) is 4. The molecule has 1 heterocycles. The van der Waals surface area contributed by atoms with Crippen molar-refractivity contribution in [3.05, 3.63) is 30.1 Å². The molecular formula is C17H27ClFN3O2. The minimum absolute atomic E-state index is 0. The zero-order valence-electron chi connectivity index (χ0n) is 14.3. The van der Waals surface area contributed by atoms with Crippen LogP contribution < -0.4 is 15.8 Å². The maximum absolute atomic E-state index is 13.0. The van der Waals surface area contributed by atoms with Gasteiger partial charge in [-0.2, -0.15) is 0 Å². The molecule has 24 heavy (non-hydrogen) atoms. The van der Waals surface area contributed by atoms with E-state index in [0.29, 0.717) is 25.4 Å². The summed E-state index contributed by atoms with van der Waals surface area (Å²) >= 11 is 0. The third kappa shape index (κ3) is 6.26. The second-order valence-corrected chi connectivity index (χ2v) is 6.75. The summed E-state index contributed by atoms with van der Waals surface area (Å²) in [4.78, 5) is 14.1. The predicted molar refractivity (Wildman–Crippen MR) is 95.0 cm³/mol. The van der Waals surface area contributed by atoms with Crippen LogP contribution in [0.3, 0.4) is 0 Å². The fourth-order valence-electron chi connectivity index (χ4n) is 2.80. The lowest BCUT2D eigenvalue weighted by Crippen LogP contribution is -2.54. The topological polar surface area (TPSA) is 67.6 Å². The van der Waals surface area contributed by atoms with Gasteiger partial charge < -0.3 is 15.8 Å². The van der Waals surface area contributed by atoms with Crippen molar-refractivity contribution < 1.29 is 13.9 Å². The SMILES string of the molecule is CC1(C)CN(CC(=O)NCCOc2cccc(F)c2)CCC1N.Cl. The number of hydrogen-bond donors (Lipinski definition) is 2. The molecule has 5 nitrogen and oxygen atoms in total. The highest BCUT2D eigenvalue weighted by atomic mass is 35.5. The largest absolute Gasteiger partial charge is 0.492 e. The Morgan fingerprint density at radius 3 is 2.92 bits per heavy atom. The molecule has 1 aromatic rings. The number of benzene rings is 1. The number of nitrogens with zero attached hydrogens (tertiary/aromatic N) is 1. The zero-order valence-corrected chi connectivity index (χ0v) is 15.1. The first kappa shape index (κ1) is 20.7. The molecule has 1 amide bonds. The van der Waals surface area contributed by atoms with E-state index in [1.807, 2.05) is 0 Å². The van der Waals surface area contributed by atoms with Gasteiger partial charge in [0.25, 0.3) is 0 Å². The van der Waals surface area contributed by atoms with Crippen molar-refractivity contribution in [2.45, 2.75) is 26.3 Å². The molecule has 7 heteroatoms. The van der Waals surface area contributed by atoms with E-state index in [9.17, 15) is 9.18 Å². The molecular weight excluding hydrogens is 333 g/mol. The number of likely N-dealkylation sites (tertiary alicyclic amines) is 1. The average Bonchev–Trinajstić information content (AvgIpc) is 2.47. The molecule has 1 unspecified atom stereocenters. The summed E-state index contributed by atoms with van der Waals surface area (Å²) in [5, 5.41) is 2.82. The molecule has 0 saturated carbocycles. The highest BCUT2D eigenvalue weighted by molar-refractivity contribution is 5.85. The maximum Gasteiger partial charge on any atom is 0.234 e. The van der Waals surface area contributed by atoms with E-state index in [1.165, 1.54) is 12.1 Å². The Hall–Kier alpha value is -1.37. The van der Waals surface area contributed by atoms with Crippen LogP contribution in [0.1, 0.15) is 20.3 Å². The van der Waals surface area contributed by atoms with Gasteiger partial charge in [-0.1, -0.05) is 19.9 Å². The normalized spacial score (nSPS) is 20.1. The highest BCUT2D eigenvalue weighted by Gasteiger charge is 2.33. The lowest BCUT2D eigenvalue weighted by molar-refractivity contribution is -0.123. The number of nitrogens with two attached hydrogens (primary N) is 1. The van der Waals surface area contributed by atoms with E-state index in [-0.39, 0.29) is 35.6 Å². The molecule has 136 valence electrons. The summed E-state index contributed by atoms with van der Waals surface area (Å²) in [5.74, 6) is 0.0996. The summed E-state index contributed by atoms with van der Waals surface area (Å²) in [6.07, 6.45) is 0.906. The summed E-state index contributed by atoms with van der Waals surface area (Å²) in [5.41, 5.74) is 6.13. The lowest BCUT2D eigenvalue weighted by Gasteiger charge is -2.42. The van der Waals surface area contributed by atoms with E-state index in [1.54, 1.807) is 12.1 Å². The van der Waals surface area contributed by atoms with Crippen LogP contribution in [0.5, 0.6) is 5.75 Å². The Labute approximate surface area is 149 Å². The number of carbonyl (C=O) groups excluding carboxylic acids is 1. The second-order valence-electron chi connectivity index (χ2n) is 6.75. The van der Waals surface area contributed by atoms with Gasteiger partial charge in [0.1, 0.15) is 18.2 Å². The van der Waals surface area contributed by atoms with Crippen molar-refractivity contribution in [2.75, 3.05) is 32.8 Å². The average molecular weight is 360 g/mol. The molecule has 0 bridgehead atoms. The van der Waals surface area contributed by atoms with Crippen molar-refractivity contribution in [1.82, 2.24) is 10.2 Å². The fraction of sp³-hybridized carbons (Fsp3) is 0.588. The van der Waals surface area contributed by atoms with Gasteiger partial charge in [0.15, 0.2) is 0 Å². The summed E-state index contributed by atoms with van der Waals surface area (Å²) in [6.45, 7) is 7.01. The van der Waals surface area contributed by atoms with E-state index >= 15 is 0 Å². The van der Waals surface area contributed by atoms with E-state index in [0.717, 1.165) is 19.5 Å². The first-order valence-electron chi connectivity index (χ1n) is 8.00. The number of nitrogens with one attached hydrogen (secondary N) is 1. The first-order valence-corrected chi connectivity index (χ1v) is 8.00. The van der Waals surface area contributed by atoms with Crippen LogP contribution in [0.15, 0.2) is 24.3 Å². The summed E-state index contributed by atoms with van der Waals surface area (Å²) in [6, 6.07) is 6.14. The molecule has 2 rings (SSSR count). The predicted octanol–water partition coefficient (Wildman–Crippen LogP) is 1.80. The molecule has 0 aliphatic carbocycles. The van der Waals surface area contributed by atoms with Crippen LogP contribution in [0, 0.1) is 11.2 Å². The van der Waals surface area contributed by atoms with Crippen LogP contribution in [0.4, 0.5) is 4.39 Å². The maximum atomic E-state index is 13.0. The van der Waals surface area contributed by atoms with Crippen molar-refractivity contribution >= 4 is 18.3 Å². The molecule has 1 atom stereocenters. The molecule has 1 saturated heterocycles. The molecule has 0 radical (unpaired) electrons. The molecule has 0 spiro atoms. The Kier molecular flexibility index (Phi) is 7.93. The molecule has 1 aliphatic rings. The lowest BCUT2D eigenvalue weighted by atomic mass is 9.80. The summed E-state index contributed by atoms with van der Waals surface area (Å²) < 4.78 is 18.4. The van der Waals surface area contributed by atoms with Gasteiger partial charge in [-0.15, -0.1) is 12.4 Å². The highest BCUT2D eigenvalue weighted by Crippen LogP contribution is 2.27. The molecule has 0 aromatic heterocycles. The van der Waals surface area contributed by atoms with Crippen LogP contribution in [0.25, 0.3) is 0 Å². The van der Waals surface area contributed by atoms with Gasteiger partial charge in [-0.25, -0.2) is 4.39 Å². The quantitative estimate of drug-likeness (QED) is 0.760. The van der Waals surface area contributed by atoms with E-state index in [2.05, 4.69) is 24.1 Å². The Morgan fingerprint density at radius 1 is 1.50 bits per heavy atom. The number of ether oxygens (including phenoxy) is 1. The molecule has 1 aromatic carbocycles. The zero-order chi connectivity index (χ0) is 16.9. The van der Waals surface area contributed by atoms with E-state index < -0.39 is 0 Å². The van der Waals surface area contributed by atoms with Gasteiger partial charge in [0.05, 0.1) is 13.1 Å². The number of rotatable bonds is 6. The number of amides is 1. The fourth-order valence-corrected chi connectivity index (χ4v) is 2.80. The molecule has 1 aliphatic heterocycles. The Balaban J connectivity index is 0.00000288. The van der Waals surface area contributed by atoms with Crippen LogP contribution in [0.2, 0.25) is 0 Å². The summed E-state index contributed by atoms with van der Waals surface area (Å²) in [7, 11) is 0. The minimum atomic E-state index is -0.336. The monoisotopic (exact) mass is 359 g/mol. The Morgan fingerprint density at radius 2 is 2.25 bits per heavy atom.